The number of amides is 1. The van der Waals surface area contributed by atoms with Gasteiger partial charge in [-0.05, 0) is 54.0 Å². The first kappa shape index (κ1) is 16.6. The third kappa shape index (κ3) is 3.15. The van der Waals surface area contributed by atoms with Crippen LogP contribution in [0.2, 0.25) is 0 Å². The summed E-state index contributed by atoms with van der Waals surface area (Å²) in [5.41, 5.74) is 3.68. The highest BCUT2D eigenvalue weighted by Crippen LogP contribution is 2.39. The fourth-order valence-electron chi connectivity index (χ4n) is 4.77. The molecule has 2 N–H and O–H groups in total. The van der Waals surface area contributed by atoms with Gasteiger partial charge in [0, 0.05) is 36.9 Å². The Balaban J connectivity index is 1.24. The van der Waals surface area contributed by atoms with Crippen LogP contribution >= 0.6 is 0 Å². The molecule has 0 radical (unpaired) electrons. The van der Waals surface area contributed by atoms with Gasteiger partial charge in [0.2, 0.25) is 5.91 Å². The lowest BCUT2D eigenvalue weighted by Crippen LogP contribution is -2.50. The first-order chi connectivity index (χ1) is 13.2. The summed E-state index contributed by atoms with van der Waals surface area (Å²) in [6.45, 7) is 3.05. The first-order valence-electron chi connectivity index (χ1n) is 9.86. The molecule has 0 saturated carbocycles. The maximum Gasteiger partial charge on any atom is 0.228 e. The van der Waals surface area contributed by atoms with E-state index in [0.717, 1.165) is 44.5 Å². The molecule has 0 aliphatic carbocycles. The number of hydrogen-bond donors (Lipinski definition) is 2. The molecule has 2 fully saturated rings. The van der Waals surface area contributed by atoms with Crippen LogP contribution < -0.4 is 5.32 Å². The second kappa shape index (κ2) is 6.54. The van der Waals surface area contributed by atoms with Crippen molar-refractivity contribution in [1.82, 2.24) is 15.2 Å². The average molecular weight is 359 g/mol. The Hall–Kier alpha value is -2.59. The van der Waals surface area contributed by atoms with Crippen molar-refractivity contribution in [3.63, 3.8) is 0 Å². The summed E-state index contributed by atoms with van der Waals surface area (Å²) in [6.07, 6.45) is 4.99. The number of carbonyl (C=O) groups excluding carboxylic acids is 1. The van der Waals surface area contributed by atoms with Crippen molar-refractivity contribution in [3.8, 4) is 0 Å². The van der Waals surface area contributed by atoms with Crippen molar-refractivity contribution in [2.45, 2.75) is 37.3 Å². The summed E-state index contributed by atoms with van der Waals surface area (Å²) in [4.78, 5) is 18.4. The van der Waals surface area contributed by atoms with E-state index in [1.165, 1.54) is 16.5 Å². The third-order valence-electron chi connectivity index (χ3n) is 6.34. The first-order valence-corrected chi connectivity index (χ1v) is 9.86. The Labute approximate surface area is 159 Å². The number of hydrogen-bond acceptors (Lipinski definition) is 2. The Morgan fingerprint density at radius 2 is 1.85 bits per heavy atom. The molecular weight excluding hydrogens is 334 g/mol. The summed E-state index contributed by atoms with van der Waals surface area (Å²) in [5, 5.41) is 4.63. The van der Waals surface area contributed by atoms with Gasteiger partial charge in [0.15, 0.2) is 0 Å². The molecule has 2 aromatic carbocycles. The van der Waals surface area contributed by atoms with Crippen LogP contribution in [0.4, 0.5) is 0 Å². The molecular formula is C23H25N3O. The number of fused-ring (bicyclic) bond motifs is 1. The monoisotopic (exact) mass is 359 g/mol. The van der Waals surface area contributed by atoms with E-state index < -0.39 is 0 Å². The molecule has 1 unspecified atom stereocenters. The predicted molar refractivity (Wildman–Crippen MR) is 107 cm³/mol. The lowest BCUT2D eigenvalue weighted by atomic mass is 9.82. The highest BCUT2D eigenvalue weighted by Gasteiger charge is 2.45. The van der Waals surface area contributed by atoms with Gasteiger partial charge >= 0.3 is 0 Å². The van der Waals surface area contributed by atoms with E-state index in [0.29, 0.717) is 0 Å². The van der Waals surface area contributed by atoms with Gasteiger partial charge in [-0.15, -0.1) is 0 Å². The highest BCUT2D eigenvalue weighted by molar-refractivity contribution is 5.87. The molecule has 2 aliphatic rings. The van der Waals surface area contributed by atoms with E-state index in [-0.39, 0.29) is 17.4 Å². The number of aromatic amines is 1. The number of nitrogens with one attached hydrogen (secondary N) is 2. The van der Waals surface area contributed by atoms with E-state index in [9.17, 15) is 4.79 Å². The van der Waals surface area contributed by atoms with Gasteiger partial charge in [-0.3, -0.25) is 9.69 Å². The predicted octanol–water partition coefficient (Wildman–Crippen LogP) is 3.81. The molecule has 138 valence electrons. The molecule has 2 saturated heterocycles. The van der Waals surface area contributed by atoms with Gasteiger partial charge in [0.1, 0.15) is 0 Å². The minimum Gasteiger partial charge on any atom is -0.361 e. The molecule has 3 aromatic rings. The molecule has 0 bridgehead atoms. The van der Waals surface area contributed by atoms with Gasteiger partial charge in [0.25, 0.3) is 0 Å². The molecule has 4 nitrogen and oxygen atoms in total. The standard InChI is InChI=1S/C23H25N3O/c27-22-20(18-4-2-1-3-5-18)15-23(25-22)9-12-26(13-10-23)16-17-6-7-21-19(14-17)8-11-24-21/h1-8,11,14,20,24H,9-10,12-13,15-16H2,(H,25,27). The summed E-state index contributed by atoms with van der Waals surface area (Å²) >= 11 is 0. The van der Waals surface area contributed by atoms with Gasteiger partial charge in [-0.2, -0.15) is 0 Å². The minimum atomic E-state index is -0.0152. The van der Waals surface area contributed by atoms with Crippen LogP contribution in [0, 0.1) is 0 Å². The van der Waals surface area contributed by atoms with Crippen molar-refractivity contribution in [3.05, 3.63) is 71.9 Å². The molecule has 1 atom stereocenters. The van der Waals surface area contributed by atoms with Crippen LogP contribution in [-0.2, 0) is 11.3 Å². The normalized spacial score (nSPS) is 22.4. The van der Waals surface area contributed by atoms with E-state index in [1.54, 1.807) is 0 Å². The number of aromatic nitrogens is 1. The Kier molecular flexibility index (Phi) is 4.01. The number of carbonyl (C=O) groups is 1. The maximum absolute atomic E-state index is 12.6. The van der Waals surface area contributed by atoms with E-state index >= 15 is 0 Å². The maximum atomic E-state index is 12.6. The molecule has 3 heterocycles. The van der Waals surface area contributed by atoms with E-state index in [4.69, 9.17) is 0 Å². The largest absolute Gasteiger partial charge is 0.361 e. The Morgan fingerprint density at radius 1 is 1.04 bits per heavy atom. The van der Waals surface area contributed by atoms with Gasteiger partial charge in [0.05, 0.1) is 5.92 Å². The molecule has 5 rings (SSSR count). The number of nitrogens with zero attached hydrogens (tertiary/aromatic N) is 1. The van der Waals surface area contributed by atoms with Gasteiger partial charge in [-0.25, -0.2) is 0 Å². The fourth-order valence-corrected chi connectivity index (χ4v) is 4.77. The number of rotatable bonds is 3. The lowest BCUT2D eigenvalue weighted by molar-refractivity contribution is -0.121. The van der Waals surface area contributed by atoms with Crippen LogP contribution in [0.5, 0.6) is 0 Å². The van der Waals surface area contributed by atoms with Crippen molar-refractivity contribution in [2.75, 3.05) is 13.1 Å². The van der Waals surface area contributed by atoms with Crippen LogP contribution in [0.1, 0.15) is 36.3 Å². The molecule has 2 aliphatic heterocycles. The van der Waals surface area contributed by atoms with Crippen molar-refractivity contribution < 1.29 is 4.79 Å². The smallest absolute Gasteiger partial charge is 0.228 e. The Bertz CT molecular complexity index is 954. The van der Waals surface area contributed by atoms with Crippen LogP contribution in [0.15, 0.2) is 60.8 Å². The SMILES string of the molecule is O=C1NC2(CCN(Cc3ccc4[nH]ccc4c3)CC2)CC1c1ccccc1. The zero-order valence-electron chi connectivity index (χ0n) is 15.4. The molecule has 1 aromatic heterocycles. The van der Waals surface area contributed by atoms with E-state index in [2.05, 4.69) is 51.6 Å². The average Bonchev–Trinajstić information content (AvgIpc) is 3.29. The molecule has 1 spiro atoms. The van der Waals surface area contributed by atoms with Crippen molar-refractivity contribution in [1.29, 1.82) is 0 Å². The number of piperidine rings is 1. The van der Waals surface area contributed by atoms with Crippen LogP contribution in [0.25, 0.3) is 10.9 Å². The fraction of sp³-hybridized carbons (Fsp3) is 0.348. The quantitative estimate of drug-likeness (QED) is 0.747. The second-order valence-electron chi connectivity index (χ2n) is 8.11. The zero-order valence-corrected chi connectivity index (χ0v) is 15.4. The summed E-state index contributed by atoms with van der Waals surface area (Å²) in [5.74, 6) is 0.210. The molecule has 4 heteroatoms. The number of likely N-dealkylation sites (tertiary alicyclic amines) is 1. The minimum absolute atomic E-state index is 0.00810. The Morgan fingerprint density at radius 3 is 2.67 bits per heavy atom. The molecule has 27 heavy (non-hydrogen) atoms. The highest BCUT2D eigenvalue weighted by atomic mass is 16.2. The third-order valence-corrected chi connectivity index (χ3v) is 6.34. The van der Waals surface area contributed by atoms with Crippen molar-refractivity contribution in [2.24, 2.45) is 0 Å². The van der Waals surface area contributed by atoms with Gasteiger partial charge < -0.3 is 10.3 Å². The zero-order chi connectivity index (χ0) is 18.3. The van der Waals surface area contributed by atoms with E-state index in [1.807, 2.05) is 24.4 Å². The summed E-state index contributed by atoms with van der Waals surface area (Å²) in [7, 11) is 0. The number of H-pyrrole nitrogens is 1. The topological polar surface area (TPSA) is 48.1 Å². The summed E-state index contributed by atoms with van der Waals surface area (Å²) < 4.78 is 0. The van der Waals surface area contributed by atoms with Gasteiger partial charge in [-0.1, -0.05) is 36.4 Å². The molecule has 1 amide bonds. The lowest BCUT2D eigenvalue weighted by Gasteiger charge is -2.39. The number of benzene rings is 2. The second-order valence-corrected chi connectivity index (χ2v) is 8.11. The summed E-state index contributed by atoms with van der Waals surface area (Å²) in [6, 6.07) is 19.0. The van der Waals surface area contributed by atoms with Crippen molar-refractivity contribution >= 4 is 16.8 Å². The van der Waals surface area contributed by atoms with Crippen LogP contribution in [-0.4, -0.2) is 34.4 Å². The van der Waals surface area contributed by atoms with Crippen LogP contribution in [0.3, 0.4) is 0 Å².